The number of carbonyl (C=O) groups excluding carboxylic acids is 1. The summed E-state index contributed by atoms with van der Waals surface area (Å²) in [7, 11) is 0. The van der Waals surface area contributed by atoms with Gasteiger partial charge in [-0.3, -0.25) is 9.69 Å². The molecular formula is C14H15BrClNO. The number of hydrogen-bond donors (Lipinski definition) is 0. The van der Waals surface area contributed by atoms with Crippen molar-refractivity contribution in [1.82, 2.24) is 0 Å². The molecule has 18 heavy (non-hydrogen) atoms. The lowest BCUT2D eigenvalue weighted by molar-refractivity contribution is 0.190. The van der Waals surface area contributed by atoms with Gasteiger partial charge in [0.05, 0.1) is 0 Å². The zero-order valence-electron chi connectivity index (χ0n) is 10.2. The van der Waals surface area contributed by atoms with Crippen LogP contribution in [0.1, 0.15) is 31.7 Å². The number of amides is 1. The maximum atomic E-state index is 11.6. The van der Waals surface area contributed by atoms with Gasteiger partial charge in [0.15, 0.2) is 0 Å². The van der Waals surface area contributed by atoms with Crippen LogP contribution >= 0.6 is 27.5 Å². The van der Waals surface area contributed by atoms with Gasteiger partial charge in [-0.25, -0.2) is 0 Å². The Labute approximate surface area is 120 Å². The highest BCUT2D eigenvalue weighted by molar-refractivity contribution is 9.10. The molecule has 0 saturated heterocycles. The molecule has 3 rings (SSSR count). The number of halogens is 2. The highest BCUT2D eigenvalue weighted by Crippen LogP contribution is 2.52. The van der Waals surface area contributed by atoms with Gasteiger partial charge in [-0.2, -0.15) is 0 Å². The molecule has 4 heteroatoms. The van der Waals surface area contributed by atoms with E-state index in [-0.39, 0.29) is 10.8 Å². The normalized spacial score (nSPS) is 26.9. The highest BCUT2D eigenvalue weighted by atomic mass is 79.9. The zero-order chi connectivity index (χ0) is 12.9. The summed E-state index contributed by atoms with van der Waals surface area (Å²) in [6, 6.07) is 6.11. The first-order valence-corrected chi connectivity index (χ1v) is 7.46. The molecule has 0 aromatic heterocycles. The minimum absolute atomic E-state index is 0.0575. The van der Waals surface area contributed by atoms with Crippen LogP contribution in [0.4, 0.5) is 10.5 Å². The molecule has 1 saturated carbocycles. The molecule has 2 aliphatic rings. The lowest BCUT2D eigenvalue weighted by Crippen LogP contribution is -2.41. The molecule has 1 aliphatic carbocycles. The smallest absolute Gasteiger partial charge is 0.298 e. The first-order valence-electron chi connectivity index (χ1n) is 6.29. The van der Waals surface area contributed by atoms with Gasteiger partial charge in [-0.15, -0.1) is 0 Å². The van der Waals surface area contributed by atoms with Gasteiger partial charge in [-0.05, 0) is 54.1 Å². The summed E-state index contributed by atoms with van der Waals surface area (Å²) in [6.45, 7) is 2.98. The van der Waals surface area contributed by atoms with Crippen LogP contribution in [0.2, 0.25) is 0 Å². The molecule has 1 fully saturated rings. The van der Waals surface area contributed by atoms with Crippen LogP contribution in [-0.4, -0.2) is 11.9 Å². The Morgan fingerprint density at radius 3 is 2.78 bits per heavy atom. The van der Waals surface area contributed by atoms with Crippen LogP contribution in [-0.2, 0) is 5.41 Å². The largest absolute Gasteiger partial charge is 0.320 e. The van der Waals surface area contributed by atoms with Gasteiger partial charge in [0.25, 0.3) is 0 Å². The summed E-state index contributed by atoms with van der Waals surface area (Å²) in [6.07, 6.45) is 3.82. The Morgan fingerprint density at radius 1 is 1.50 bits per heavy atom. The molecule has 1 amide bonds. The van der Waals surface area contributed by atoms with Crippen molar-refractivity contribution >= 4 is 38.6 Å². The zero-order valence-corrected chi connectivity index (χ0v) is 12.6. The third-order valence-electron chi connectivity index (χ3n) is 4.57. The second kappa shape index (κ2) is 4.24. The van der Waals surface area contributed by atoms with Gasteiger partial charge in [0.2, 0.25) is 0 Å². The molecule has 1 atom stereocenters. The fourth-order valence-electron chi connectivity index (χ4n) is 3.25. The second-order valence-corrected chi connectivity index (χ2v) is 6.78. The Balaban J connectivity index is 2.10. The summed E-state index contributed by atoms with van der Waals surface area (Å²) in [4.78, 5) is 13.3. The Morgan fingerprint density at radius 2 is 2.22 bits per heavy atom. The first kappa shape index (κ1) is 12.5. The summed E-state index contributed by atoms with van der Waals surface area (Å²) in [5.41, 5.74) is 2.30. The number of benzene rings is 1. The van der Waals surface area contributed by atoms with Crippen LogP contribution < -0.4 is 4.90 Å². The van der Waals surface area contributed by atoms with Crippen molar-refractivity contribution in [3.63, 3.8) is 0 Å². The van der Waals surface area contributed by atoms with Crippen molar-refractivity contribution in [2.24, 2.45) is 5.92 Å². The molecule has 96 valence electrons. The monoisotopic (exact) mass is 327 g/mol. The standard InChI is InChI=1S/C14H15BrClNO/c1-14(9-3-2-4-9)8-17(13(16)18)12-6-5-10(15)7-11(12)14/h5-7,9H,2-4,8H2,1H3. The van der Waals surface area contributed by atoms with E-state index in [4.69, 9.17) is 11.6 Å². The molecule has 1 aliphatic heterocycles. The van der Waals surface area contributed by atoms with Gasteiger partial charge >= 0.3 is 5.37 Å². The number of rotatable bonds is 1. The topological polar surface area (TPSA) is 20.3 Å². The lowest BCUT2D eigenvalue weighted by Gasteiger charge is -2.40. The molecule has 0 spiro atoms. The van der Waals surface area contributed by atoms with Crippen LogP contribution in [0.15, 0.2) is 22.7 Å². The van der Waals surface area contributed by atoms with Gasteiger partial charge < -0.3 is 0 Å². The van der Waals surface area contributed by atoms with E-state index in [2.05, 4.69) is 28.9 Å². The average molecular weight is 329 g/mol. The number of hydrogen-bond acceptors (Lipinski definition) is 1. The van der Waals surface area contributed by atoms with E-state index in [1.54, 1.807) is 4.90 Å². The summed E-state index contributed by atoms with van der Waals surface area (Å²) < 4.78 is 1.07. The van der Waals surface area contributed by atoms with Crippen molar-refractivity contribution in [1.29, 1.82) is 0 Å². The Hall–Kier alpha value is -0.540. The van der Waals surface area contributed by atoms with Crippen molar-refractivity contribution < 1.29 is 4.79 Å². The minimum atomic E-state index is -0.373. The molecule has 1 heterocycles. The molecule has 2 nitrogen and oxygen atoms in total. The van der Waals surface area contributed by atoms with Crippen LogP contribution in [0.25, 0.3) is 0 Å². The van der Waals surface area contributed by atoms with E-state index < -0.39 is 0 Å². The van der Waals surface area contributed by atoms with E-state index in [1.807, 2.05) is 12.1 Å². The van der Waals surface area contributed by atoms with E-state index >= 15 is 0 Å². The molecule has 0 radical (unpaired) electrons. The third-order valence-corrected chi connectivity index (χ3v) is 5.27. The SMILES string of the molecule is CC1(C2CCC2)CN(C(=O)Cl)c2ccc(Br)cc21. The molecule has 1 aromatic carbocycles. The maximum Gasteiger partial charge on any atom is 0.320 e. The predicted molar refractivity (Wildman–Crippen MR) is 77.4 cm³/mol. The number of carbonyl (C=O) groups is 1. The van der Waals surface area contributed by atoms with E-state index in [9.17, 15) is 4.79 Å². The molecule has 0 bridgehead atoms. The van der Waals surface area contributed by atoms with Gasteiger partial charge in [-0.1, -0.05) is 29.3 Å². The summed E-state index contributed by atoms with van der Waals surface area (Å²) in [5, 5.41) is -0.373. The molecule has 0 N–H and O–H groups in total. The van der Waals surface area contributed by atoms with E-state index in [1.165, 1.54) is 24.8 Å². The lowest BCUT2D eigenvalue weighted by atomic mass is 9.64. The Kier molecular flexibility index (Phi) is 2.94. The number of nitrogens with zero attached hydrogens (tertiary/aromatic N) is 1. The van der Waals surface area contributed by atoms with Crippen LogP contribution in [0.5, 0.6) is 0 Å². The fourth-order valence-corrected chi connectivity index (χ4v) is 3.76. The van der Waals surface area contributed by atoms with E-state index in [0.29, 0.717) is 12.5 Å². The van der Waals surface area contributed by atoms with Crippen molar-refractivity contribution in [3.8, 4) is 0 Å². The van der Waals surface area contributed by atoms with Crippen molar-refractivity contribution in [2.45, 2.75) is 31.6 Å². The molecule has 1 unspecified atom stereocenters. The quantitative estimate of drug-likeness (QED) is 0.541. The Bertz CT molecular complexity index is 515. The third kappa shape index (κ3) is 1.71. The van der Waals surface area contributed by atoms with Gasteiger partial charge in [0, 0.05) is 22.1 Å². The maximum absolute atomic E-state index is 11.6. The highest BCUT2D eigenvalue weighted by Gasteiger charge is 2.47. The van der Waals surface area contributed by atoms with Crippen LogP contribution in [0.3, 0.4) is 0 Å². The van der Waals surface area contributed by atoms with Crippen molar-refractivity contribution in [3.05, 3.63) is 28.2 Å². The molecule has 1 aromatic rings. The number of anilines is 1. The van der Waals surface area contributed by atoms with E-state index in [0.717, 1.165) is 10.2 Å². The number of fused-ring (bicyclic) bond motifs is 1. The average Bonchev–Trinajstić information content (AvgIpc) is 2.50. The second-order valence-electron chi connectivity index (χ2n) is 5.55. The predicted octanol–water partition coefficient (Wildman–Crippen LogP) is 4.69. The minimum Gasteiger partial charge on any atom is -0.298 e. The first-order chi connectivity index (χ1) is 8.52. The summed E-state index contributed by atoms with van der Waals surface area (Å²) in [5.74, 6) is 0.673. The molecular weight excluding hydrogens is 314 g/mol. The van der Waals surface area contributed by atoms with Gasteiger partial charge in [0.1, 0.15) is 0 Å². The summed E-state index contributed by atoms with van der Waals surface area (Å²) >= 11 is 9.25. The van der Waals surface area contributed by atoms with Crippen LogP contribution in [0, 0.1) is 5.92 Å². The fraction of sp³-hybridized carbons (Fsp3) is 0.500. The van der Waals surface area contributed by atoms with Crippen molar-refractivity contribution in [2.75, 3.05) is 11.4 Å².